The van der Waals surface area contributed by atoms with Crippen molar-refractivity contribution in [2.24, 2.45) is 5.41 Å². The second-order valence-electron chi connectivity index (χ2n) is 9.41. The molecular formula is C25H51N. The second-order valence-corrected chi connectivity index (χ2v) is 9.41. The van der Waals surface area contributed by atoms with Crippen molar-refractivity contribution in [1.82, 2.24) is 4.90 Å². The van der Waals surface area contributed by atoms with Gasteiger partial charge in [0.05, 0.1) is 0 Å². The van der Waals surface area contributed by atoms with E-state index in [0.717, 1.165) is 0 Å². The molecule has 0 spiro atoms. The van der Waals surface area contributed by atoms with Crippen molar-refractivity contribution < 1.29 is 0 Å². The van der Waals surface area contributed by atoms with E-state index in [0.29, 0.717) is 5.41 Å². The van der Waals surface area contributed by atoms with Crippen molar-refractivity contribution in [2.75, 3.05) is 20.6 Å². The number of nitrogens with zero attached hydrogens (tertiary/aromatic N) is 1. The number of allylic oxidation sites excluding steroid dienone is 2. The molecule has 0 bridgehead atoms. The number of unbranched alkanes of at least 4 members (excludes halogenated alkanes) is 12. The molecule has 156 valence electrons. The van der Waals surface area contributed by atoms with Crippen LogP contribution >= 0.6 is 0 Å². The van der Waals surface area contributed by atoms with E-state index in [9.17, 15) is 0 Å². The fourth-order valence-corrected chi connectivity index (χ4v) is 3.50. The van der Waals surface area contributed by atoms with Crippen LogP contribution in [0.1, 0.15) is 124 Å². The molecule has 0 heterocycles. The van der Waals surface area contributed by atoms with Gasteiger partial charge in [-0.1, -0.05) is 97.1 Å². The summed E-state index contributed by atoms with van der Waals surface area (Å²) in [6.45, 7) is 8.39. The lowest BCUT2D eigenvalue weighted by Gasteiger charge is -2.26. The molecule has 0 N–H and O–H groups in total. The van der Waals surface area contributed by atoms with E-state index in [2.05, 4.69) is 51.9 Å². The first kappa shape index (κ1) is 25.7. The van der Waals surface area contributed by atoms with Gasteiger partial charge in [-0.3, -0.25) is 0 Å². The summed E-state index contributed by atoms with van der Waals surface area (Å²) >= 11 is 0. The topological polar surface area (TPSA) is 3.24 Å². The quantitative estimate of drug-likeness (QED) is 0.164. The van der Waals surface area contributed by atoms with Crippen LogP contribution in [-0.2, 0) is 0 Å². The number of hydrogen-bond donors (Lipinski definition) is 0. The molecule has 1 nitrogen and oxygen atoms in total. The van der Waals surface area contributed by atoms with Crippen molar-refractivity contribution in [1.29, 1.82) is 0 Å². The SMILES string of the molecule is CCCCCCCC/C=C\CCCCCCCCC(C)(C)CCN(C)C. The lowest BCUT2D eigenvalue weighted by Crippen LogP contribution is -2.21. The van der Waals surface area contributed by atoms with Gasteiger partial charge in [0.2, 0.25) is 0 Å². The van der Waals surface area contributed by atoms with Crippen LogP contribution in [-0.4, -0.2) is 25.5 Å². The van der Waals surface area contributed by atoms with Gasteiger partial charge in [-0.15, -0.1) is 0 Å². The highest BCUT2D eigenvalue weighted by molar-refractivity contribution is 4.81. The number of hydrogen-bond acceptors (Lipinski definition) is 1. The third kappa shape index (κ3) is 20.0. The fourth-order valence-electron chi connectivity index (χ4n) is 3.50. The summed E-state index contributed by atoms with van der Waals surface area (Å²) in [6.07, 6.45) is 27.2. The van der Waals surface area contributed by atoms with Gasteiger partial charge < -0.3 is 4.90 Å². The van der Waals surface area contributed by atoms with Gasteiger partial charge in [-0.25, -0.2) is 0 Å². The minimum atomic E-state index is 0.519. The molecule has 0 unspecified atom stereocenters. The van der Waals surface area contributed by atoms with Crippen LogP contribution < -0.4 is 0 Å². The lowest BCUT2D eigenvalue weighted by molar-refractivity contribution is 0.250. The minimum absolute atomic E-state index is 0.519. The van der Waals surface area contributed by atoms with E-state index < -0.39 is 0 Å². The highest BCUT2D eigenvalue weighted by Gasteiger charge is 2.16. The summed E-state index contributed by atoms with van der Waals surface area (Å²) in [4.78, 5) is 2.31. The molecular weight excluding hydrogens is 314 g/mol. The van der Waals surface area contributed by atoms with Gasteiger partial charge in [-0.2, -0.15) is 0 Å². The molecule has 0 amide bonds. The normalized spacial score (nSPS) is 12.5. The summed E-state index contributed by atoms with van der Waals surface area (Å²) in [5.74, 6) is 0. The molecule has 0 aliphatic rings. The van der Waals surface area contributed by atoms with E-state index in [1.54, 1.807) is 0 Å². The molecule has 0 aliphatic heterocycles. The summed E-state index contributed by atoms with van der Waals surface area (Å²) in [5, 5.41) is 0. The summed E-state index contributed by atoms with van der Waals surface area (Å²) in [5.41, 5.74) is 0.519. The third-order valence-corrected chi connectivity index (χ3v) is 5.60. The van der Waals surface area contributed by atoms with Crippen LogP contribution in [0.25, 0.3) is 0 Å². The summed E-state index contributed by atoms with van der Waals surface area (Å²) < 4.78 is 0. The van der Waals surface area contributed by atoms with Crippen molar-refractivity contribution >= 4 is 0 Å². The van der Waals surface area contributed by atoms with Crippen LogP contribution in [0.5, 0.6) is 0 Å². The molecule has 0 atom stereocenters. The van der Waals surface area contributed by atoms with Crippen molar-refractivity contribution in [3.8, 4) is 0 Å². The first-order chi connectivity index (χ1) is 12.5. The van der Waals surface area contributed by atoms with Gasteiger partial charge in [0.15, 0.2) is 0 Å². The van der Waals surface area contributed by atoms with Gasteiger partial charge in [-0.05, 0) is 64.6 Å². The maximum atomic E-state index is 2.44. The fraction of sp³-hybridized carbons (Fsp3) is 0.920. The minimum Gasteiger partial charge on any atom is -0.309 e. The maximum absolute atomic E-state index is 2.44. The Balaban J connectivity index is 3.29. The molecule has 0 aromatic carbocycles. The van der Waals surface area contributed by atoms with E-state index in [1.807, 2.05) is 0 Å². The average Bonchev–Trinajstić information content (AvgIpc) is 2.60. The first-order valence-corrected chi connectivity index (χ1v) is 11.8. The molecule has 0 saturated heterocycles. The molecule has 1 heteroatoms. The predicted octanol–water partition coefficient (Wildman–Crippen LogP) is 8.39. The Morgan fingerprint density at radius 2 is 1.08 bits per heavy atom. The molecule has 0 aromatic heterocycles. The zero-order valence-corrected chi connectivity index (χ0v) is 19.1. The summed E-state index contributed by atoms with van der Waals surface area (Å²) in [6, 6.07) is 0. The Kier molecular flexibility index (Phi) is 17.9. The van der Waals surface area contributed by atoms with Crippen LogP contribution in [0, 0.1) is 5.41 Å². The monoisotopic (exact) mass is 365 g/mol. The molecule has 0 aromatic rings. The molecule has 0 fully saturated rings. The smallest absolute Gasteiger partial charge is 0.00197 e. The Labute approximate surface area is 167 Å². The Morgan fingerprint density at radius 3 is 1.58 bits per heavy atom. The van der Waals surface area contributed by atoms with Crippen LogP contribution in [0.3, 0.4) is 0 Å². The lowest BCUT2D eigenvalue weighted by atomic mass is 9.83. The van der Waals surface area contributed by atoms with Gasteiger partial charge in [0.1, 0.15) is 0 Å². The predicted molar refractivity (Wildman–Crippen MR) is 121 cm³/mol. The molecule has 26 heavy (non-hydrogen) atoms. The second kappa shape index (κ2) is 18.1. The Morgan fingerprint density at radius 1 is 0.615 bits per heavy atom. The standard InChI is InChI=1S/C25H51N/c1-6-7-8-9-10-11-12-13-14-15-16-17-18-19-20-21-22-25(2,3)23-24-26(4)5/h13-14H,6-12,15-24H2,1-5H3/b14-13-. The van der Waals surface area contributed by atoms with Crippen LogP contribution in [0.2, 0.25) is 0 Å². The molecule has 0 aliphatic carbocycles. The number of rotatable bonds is 19. The highest BCUT2D eigenvalue weighted by Crippen LogP contribution is 2.28. The maximum Gasteiger partial charge on any atom is -0.00197 e. The van der Waals surface area contributed by atoms with E-state index >= 15 is 0 Å². The molecule has 0 radical (unpaired) electrons. The molecule has 0 rings (SSSR count). The highest BCUT2D eigenvalue weighted by atomic mass is 15.0. The largest absolute Gasteiger partial charge is 0.309 e. The first-order valence-electron chi connectivity index (χ1n) is 11.8. The molecule has 0 saturated carbocycles. The summed E-state index contributed by atoms with van der Waals surface area (Å²) in [7, 11) is 4.36. The zero-order chi connectivity index (χ0) is 19.5. The van der Waals surface area contributed by atoms with Crippen LogP contribution in [0.4, 0.5) is 0 Å². The van der Waals surface area contributed by atoms with Gasteiger partial charge in [0.25, 0.3) is 0 Å². The van der Waals surface area contributed by atoms with Crippen molar-refractivity contribution in [3.63, 3.8) is 0 Å². The Hall–Kier alpha value is -0.300. The van der Waals surface area contributed by atoms with E-state index in [-0.39, 0.29) is 0 Å². The third-order valence-electron chi connectivity index (χ3n) is 5.60. The average molecular weight is 366 g/mol. The Bertz CT molecular complexity index is 303. The van der Waals surface area contributed by atoms with Gasteiger partial charge in [0, 0.05) is 0 Å². The zero-order valence-electron chi connectivity index (χ0n) is 19.1. The van der Waals surface area contributed by atoms with E-state index in [1.165, 1.54) is 109 Å². The van der Waals surface area contributed by atoms with E-state index in [4.69, 9.17) is 0 Å². The van der Waals surface area contributed by atoms with Crippen molar-refractivity contribution in [3.05, 3.63) is 12.2 Å². The van der Waals surface area contributed by atoms with Crippen molar-refractivity contribution in [2.45, 2.75) is 124 Å². The van der Waals surface area contributed by atoms with Crippen LogP contribution in [0.15, 0.2) is 12.2 Å². The van der Waals surface area contributed by atoms with Gasteiger partial charge >= 0.3 is 0 Å².